The van der Waals surface area contributed by atoms with Gasteiger partial charge in [-0.1, -0.05) is 71.6 Å². The van der Waals surface area contributed by atoms with Crippen molar-refractivity contribution in [1.82, 2.24) is 14.8 Å². The zero-order valence-corrected chi connectivity index (χ0v) is 47.9. The minimum absolute atomic E-state index is 0. The van der Waals surface area contributed by atoms with E-state index in [1.165, 1.54) is 98.9 Å². The number of fused-ring (bicyclic) bond motifs is 2. The molecule has 2 saturated carbocycles. The number of piperazine rings is 2. The van der Waals surface area contributed by atoms with Crippen LogP contribution < -0.4 is 50.8 Å². The second-order valence-corrected chi connectivity index (χ2v) is 21.9. The fourth-order valence-corrected chi connectivity index (χ4v) is 12.1. The molecule has 5 aromatic rings. The maximum absolute atomic E-state index is 13.0. The monoisotopic (exact) mass is 1160 g/mol. The zero-order valence-electron chi connectivity index (χ0n) is 42.5. The zero-order chi connectivity index (χ0) is 51.4. The summed E-state index contributed by atoms with van der Waals surface area (Å²) < 4.78 is 21.0. The highest BCUT2D eigenvalue weighted by Crippen LogP contribution is 2.37. The summed E-state index contributed by atoms with van der Waals surface area (Å²) in [6.07, 6.45) is 11.1. The minimum atomic E-state index is -0.182. The molecule has 11 rings (SSSR count). The van der Waals surface area contributed by atoms with Crippen molar-refractivity contribution in [3.05, 3.63) is 101 Å². The van der Waals surface area contributed by atoms with E-state index in [0.29, 0.717) is 59.7 Å². The van der Waals surface area contributed by atoms with E-state index in [1.54, 1.807) is 36.4 Å². The molecule has 0 radical (unpaired) electrons. The van der Waals surface area contributed by atoms with Crippen molar-refractivity contribution in [2.75, 3.05) is 103 Å². The average molecular weight is 1160 g/mol. The Labute approximate surface area is 465 Å². The highest BCUT2D eigenvalue weighted by molar-refractivity contribution is 9.09. The number of alkyl halides is 1. The largest absolute Gasteiger partial charge is 0.454 e. The van der Waals surface area contributed by atoms with E-state index in [4.69, 9.17) is 42.6 Å². The number of hydrogen-bond acceptors (Lipinski definition) is 16. The summed E-state index contributed by atoms with van der Waals surface area (Å²) in [5.74, 6) is 3.52. The van der Waals surface area contributed by atoms with E-state index in [9.17, 15) is 9.59 Å². The third kappa shape index (κ3) is 14.8. The molecule has 1 aromatic heterocycles. The Morgan fingerprint density at radius 3 is 1.71 bits per heavy atom. The Bertz CT molecular complexity index is 2750. The summed E-state index contributed by atoms with van der Waals surface area (Å²) in [5.41, 5.74) is 17.4. The Morgan fingerprint density at radius 1 is 0.720 bits per heavy atom. The molecule has 0 amide bonds. The normalized spacial score (nSPS) is 17.6. The highest BCUT2D eigenvalue weighted by Gasteiger charge is 2.28. The third-order valence-corrected chi connectivity index (χ3v) is 16.5. The molecule has 2 aliphatic carbocycles. The Hall–Kier alpha value is -5.21. The number of hydrogen-bond donors (Lipinski definition) is 4. The molecule has 21 heteroatoms. The lowest BCUT2D eigenvalue weighted by atomic mass is 10.1. The molecule has 400 valence electrons. The van der Waals surface area contributed by atoms with Crippen molar-refractivity contribution < 1.29 is 28.5 Å². The van der Waals surface area contributed by atoms with Gasteiger partial charge >= 0.3 is 0 Å². The molecule has 0 bridgehead atoms. The molecule has 4 aromatic carbocycles. The number of nitrogens with one attached hydrogen (secondary N) is 2. The van der Waals surface area contributed by atoms with Gasteiger partial charge in [-0.3, -0.25) is 19.4 Å². The molecule has 4 aliphatic heterocycles. The summed E-state index contributed by atoms with van der Waals surface area (Å²) in [4.78, 5) is 43.5. The topological polar surface area (TPSA) is 185 Å². The average Bonchev–Trinajstić information content (AvgIpc) is 4.31. The van der Waals surface area contributed by atoms with Gasteiger partial charge in [0.2, 0.25) is 19.4 Å². The molecule has 2 saturated heterocycles. The summed E-state index contributed by atoms with van der Waals surface area (Å²) in [6, 6.07) is 28.8. The number of nitrogen functional groups attached to an aromatic ring is 1. The van der Waals surface area contributed by atoms with Crippen molar-refractivity contribution >= 4 is 117 Å². The van der Waals surface area contributed by atoms with Crippen molar-refractivity contribution in [2.45, 2.75) is 70.4 Å². The molecule has 1 unspecified atom stereocenters. The van der Waals surface area contributed by atoms with Crippen LogP contribution in [-0.2, 0) is 0 Å². The number of Topliss-reactive ketones (excluding diaryl/α,β-unsaturated/α-hetero) is 1. The lowest BCUT2D eigenvalue weighted by molar-refractivity contribution is 0.102. The van der Waals surface area contributed by atoms with Gasteiger partial charge in [-0.05, 0) is 129 Å². The molecule has 6 aliphatic rings. The van der Waals surface area contributed by atoms with Crippen LogP contribution in [0.4, 0.5) is 33.7 Å². The standard InChI is InChI=1S/C26H29N5O3S.C19H29N5S2.C9H7BrO3.H3P/c27-25-24(23(32)17-5-10-21-22(15-17)34-16-33-21)35-26(29-25)28-18-6-8-20(9-7-18)31-13-11-30(12-14-31)19-3-1-2-4-19;1-2-26-18(20)22-19(25)21-15-7-9-17(10-8-15)24-13-11-23(12-14-24)16-5-3-4-6-16;10-4-7(11)6-1-2-8-9(3-6)13-5-12-8;/h5-10,15,19H,1-4,11-14,16,27H2,(H,28,29);7-10,16H,2-6,11-14H2,1H3,(H3,20,21,22,25);1-3H,4-5H2;1H3. The van der Waals surface area contributed by atoms with E-state index in [-0.39, 0.29) is 40.9 Å². The number of nitrogens with two attached hydrogens (primary N) is 2. The molecule has 1 atom stereocenters. The number of benzene rings is 4. The van der Waals surface area contributed by atoms with Crippen molar-refractivity contribution in [3.8, 4) is 23.0 Å². The number of ketones is 2. The van der Waals surface area contributed by atoms with Gasteiger partial charge < -0.3 is 50.8 Å². The lowest BCUT2D eigenvalue weighted by Gasteiger charge is -2.39. The fourth-order valence-electron chi connectivity index (χ4n) is 10.2. The predicted octanol–water partition coefficient (Wildman–Crippen LogP) is 10.1. The van der Waals surface area contributed by atoms with Gasteiger partial charge in [0, 0.05) is 98.3 Å². The van der Waals surface area contributed by atoms with E-state index >= 15 is 0 Å². The quantitative estimate of drug-likeness (QED) is 0.0231. The number of ether oxygens (including phenoxy) is 4. The number of thioether (sulfide) groups is 1. The second-order valence-electron chi connectivity index (χ2n) is 18.7. The molecular formula is C54H68BrN10O6PS3. The maximum Gasteiger partial charge on any atom is 0.231 e. The van der Waals surface area contributed by atoms with Crippen LogP contribution in [0.3, 0.4) is 0 Å². The van der Waals surface area contributed by atoms with Gasteiger partial charge in [-0.15, -0.1) is 0 Å². The Kier molecular flexibility index (Phi) is 20.3. The number of carbonyl (C=O) groups is 2. The molecule has 75 heavy (non-hydrogen) atoms. The number of halogens is 1. The van der Waals surface area contributed by atoms with E-state index in [0.717, 1.165) is 68.5 Å². The van der Waals surface area contributed by atoms with Gasteiger partial charge in [-0.2, -0.15) is 14.9 Å². The SMILES string of the molecule is CCSC(N)=NC(=S)Nc1ccc(N2CCN(C3CCCC3)CC2)cc1.Nc1nc(Nc2ccc(N3CCN(C4CCCC4)CC3)cc2)sc1C(=O)c1ccc2c(c1)OCO2.O=C(CBr)c1ccc2c(c1)OCO2.P. The first-order chi connectivity index (χ1) is 36.1. The van der Waals surface area contributed by atoms with E-state index < -0.39 is 0 Å². The third-order valence-electron chi connectivity index (χ3n) is 14.1. The number of thiazole rings is 1. The number of carbonyl (C=O) groups excluding carboxylic acids is 2. The first kappa shape index (κ1) is 56.0. The summed E-state index contributed by atoms with van der Waals surface area (Å²) in [6.45, 7) is 11.4. The Morgan fingerprint density at radius 2 is 1.20 bits per heavy atom. The van der Waals surface area contributed by atoms with Crippen LogP contribution in [0.25, 0.3) is 0 Å². The van der Waals surface area contributed by atoms with Gasteiger partial charge in [0.25, 0.3) is 0 Å². The number of aromatic nitrogens is 1. The molecule has 4 fully saturated rings. The van der Waals surface area contributed by atoms with Crippen LogP contribution in [0.1, 0.15) is 83.9 Å². The number of nitrogens with zero attached hydrogens (tertiary/aromatic N) is 6. The van der Waals surface area contributed by atoms with Crippen molar-refractivity contribution in [2.24, 2.45) is 10.7 Å². The second kappa shape index (κ2) is 27.2. The first-order valence-electron chi connectivity index (χ1n) is 25.5. The van der Waals surface area contributed by atoms with Crippen molar-refractivity contribution in [1.29, 1.82) is 0 Å². The van der Waals surface area contributed by atoms with E-state index in [2.05, 4.69) is 105 Å². The van der Waals surface area contributed by atoms with Gasteiger partial charge in [0.15, 0.2) is 44.2 Å². The summed E-state index contributed by atoms with van der Waals surface area (Å²) in [7, 11) is 0. The number of thiocarbonyl (C=S) groups is 1. The van der Waals surface area contributed by atoms with Gasteiger partial charge in [-0.25, -0.2) is 4.98 Å². The van der Waals surface area contributed by atoms with Crippen molar-refractivity contribution in [3.63, 3.8) is 0 Å². The molecule has 6 N–H and O–H groups in total. The van der Waals surface area contributed by atoms with Crippen LogP contribution in [0, 0.1) is 0 Å². The highest BCUT2D eigenvalue weighted by atomic mass is 79.9. The van der Waals surface area contributed by atoms with E-state index in [1.807, 2.05) is 6.92 Å². The number of rotatable bonds is 12. The van der Waals surface area contributed by atoms with Gasteiger partial charge in [0.1, 0.15) is 10.7 Å². The summed E-state index contributed by atoms with van der Waals surface area (Å²) >= 11 is 11.1. The molecular weight excluding hydrogens is 1090 g/mol. The van der Waals surface area contributed by atoms with Crippen LogP contribution >= 0.6 is 61.1 Å². The lowest BCUT2D eigenvalue weighted by Crippen LogP contribution is -2.49. The first-order valence-corrected chi connectivity index (χ1v) is 28.9. The minimum Gasteiger partial charge on any atom is -0.454 e. The van der Waals surface area contributed by atoms with Crippen LogP contribution in [-0.4, -0.2) is 126 Å². The Balaban J connectivity index is 0.000000164. The van der Waals surface area contributed by atoms with Crippen LogP contribution in [0.2, 0.25) is 0 Å². The molecule has 5 heterocycles. The van der Waals surface area contributed by atoms with Gasteiger partial charge in [0.05, 0.1) is 5.33 Å². The number of aliphatic imine (C=N–C) groups is 1. The molecule has 0 spiro atoms. The summed E-state index contributed by atoms with van der Waals surface area (Å²) in [5, 5.41) is 8.24. The predicted molar refractivity (Wildman–Crippen MR) is 319 cm³/mol. The van der Waals surface area contributed by atoms with Crippen LogP contribution in [0.5, 0.6) is 23.0 Å². The molecule has 16 nitrogen and oxygen atoms in total. The van der Waals surface area contributed by atoms with Crippen LogP contribution in [0.15, 0.2) is 89.9 Å². The smallest absolute Gasteiger partial charge is 0.231 e. The maximum atomic E-state index is 13.0. The fraction of sp³-hybridized carbons (Fsp3) is 0.426. The number of anilines is 6. The number of amidine groups is 1.